The van der Waals surface area contributed by atoms with E-state index in [1.807, 2.05) is 0 Å². The minimum atomic E-state index is -0.428. The summed E-state index contributed by atoms with van der Waals surface area (Å²) in [6.45, 7) is 1.56. The van der Waals surface area contributed by atoms with Crippen LogP contribution >= 0.6 is 0 Å². The van der Waals surface area contributed by atoms with Gasteiger partial charge in [0.25, 0.3) is 0 Å². The Morgan fingerprint density at radius 3 is 2.94 bits per heavy atom. The zero-order chi connectivity index (χ0) is 13.1. The third-order valence-electron chi connectivity index (χ3n) is 2.93. The second kappa shape index (κ2) is 5.12. The summed E-state index contributed by atoms with van der Waals surface area (Å²) < 4.78 is 5.01. The molecular formula is C12H14N2O4. The zero-order valence-corrected chi connectivity index (χ0v) is 10.1. The summed E-state index contributed by atoms with van der Waals surface area (Å²) in [4.78, 5) is 34.2. The minimum Gasteiger partial charge on any atom is -0.459 e. The van der Waals surface area contributed by atoms with Crippen LogP contribution in [-0.4, -0.2) is 21.9 Å². The van der Waals surface area contributed by atoms with Crippen LogP contribution in [0.3, 0.4) is 0 Å². The van der Waals surface area contributed by atoms with E-state index in [1.165, 1.54) is 6.07 Å². The molecular weight excluding hydrogens is 236 g/mol. The van der Waals surface area contributed by atoms with Crippen molar-refractivity contribution in [1.29, 1.82) is 0 Å². The van der Waals surface area contributed by atoms with E-state index in [0.29, 0.717) is 18.5 Å². The van der Waals surface area contributed by atoms with Gasteiger partial charge in [0, 0.05) is 24.6 Å². The second-order valence-corrected chi connectivity index (χ2v) is 4.45. The smallest absolute Gasteiger partial charge is 0.309 e. The summed E-state index contributed by atoms with van der Waals surface area (Å²) >= 11 is 0. The molecule has 0 amide bonds. The molecule has 6 heteroatoms. The summed E-state index contributed by atoms with van der Waals surface area (Å²) in [5.74, 6) is -0.701. The third-order valence-corrected chi connectivity index (χ3v) is 2.93. The van der Waals surface area contributed by atoms with Gasteiger partial charge in [-0.15, -0.1) is 0 Å². The molecule has 0 spiro atoms. The van der Waals surface area contributed by atoms with Crippen LogP contribution in [0.4, 0.5) is 0 Å². The van der Waals surface area contributed by atoms with E-state index in [0.717, 1.165) is 0 Å². The first-order chi connectivity index (χ1) is 8.56. The van der Waals surface area contributed by atoms with Gasteiger partial charge in [0.2, 0.25) is 5.43 Å². The number of aromatic amines is 1. The number of ether oxygens (including phenoxy) is 1. The SMILES string of the molecule is Cc1cc(=O)c(COC(=O)C2CCC(=O)C2)n[nH]1. The van der Waals surface area contributed by atoms with Crippen molar-refractivity contribution in [2.45, 2.75) is 32.8 Å². The fourth-order valence-corrected chi connectivity index (χ4v) is 1.90. The molecule has 1 aliphatic rings. The summed E-state index contributed by atoms with van der Waals surface area (Å²) in [7, 11) is 0. The van der Waals surface area contributed by atoms with E-state index < -0.39 is 5.97 Å². The first-order valence-electron chi connectivity index (χ1n) is 5.80. The molecule has 0 saturated heterocycles. The molecule has 1 aromatic heterocycles. The number of nitrogens with zero attached hydrogens (tertiary/aromatic N) is 1. The first-order valence-corrected chi connectivity index (χ1v) is 5.80. The largest absolute Gasteiger partial charge is 0.459 e. The lowest BCUT2D eigenvalue weighted by atomic mass is 10.1. The van der Waals surface area contributed by atoms with E-state index in [1.54, 1.807) is 6.92 Å². The fraction of sp³-hybridized carbons (Fsp3) is 0.500. The number of aromatic nitrogens is 2. The van der Waals surface area contributed by atoms with Crippen LogP contribution in [0, 0.1) is 12.8 Å². The van der Waals surface area contributed by atoms with Crippen molar-refractivity contribution in [2.75, 3.05) is 0 Å². The number of H-pyrrole nitrogens is 1. The average Bonchev–Trinajstić information content (AvgIpc) is 2.74. The normalized spacial score (nSPS) is 18.9. The quantitative estimate of drug-likeness (QED) is 0.788. The Morgan fingerprint density at radius 2 is 2.33 bits per heavy atom. The Labute approximate surface area is 103 Å². The summed E-state index contributed by atoms with van der Waals surface area (Å²) in [6, 6.07) is 1.40. The molecule has 0 aliphatic heterocycles. The number of aryl methyl sites for hydroxylation is 1. The zero-order valence-electron chi connectivity index (χ0n) is 10.1. The Hall–Kier alpha value is -1.98. The van der Waals surface area contributed by atoms with Gasteiger partial charge in [-0.2, -0.15) is 5.10 Å². The molecule has 6 nitrogen and oxygen atoms in total. The second-order valence-electron chi connectivity index (χ2n) is 4.45. The molecule has 18 heavy (non-hydrogen) atoms. The number of carbonyl (C=O) groups excluding carboxylic acids is 2. The summed E-state index contributed by atoms with van der Waals surface area (Å²) in [5.41, 5.74) is 0.552. The highest BCUT2D eigenvalue weighted by molar-refractivity contribution is 5.87. The minimum absolute atomic E-state index is 0.0864. The molecule has 1 N–H and O–H groups in total. The number of carbonyl (C=O) groups is 2. The molecule has 0 aromatic carbocycles. The Kier molecular flexibility index (Phi) is 3.55. The Balaban J connectivity index is 1.93. The van der Waals surface area contributed by atoms with Crippen molar-refractivity contribution in [3.63, 3.8) is 0 Å². The number of nitrogens with one attached hydrogen (secondary N) is 1. The van der Waals surface area contributed by atoms with Crippen molar-refractivity contribution in [3.05, 3.63) is 27.7 Å². The number of ketones is 1. The van der Waals surface area contributed by atoms with Gasteiger partial charge in [0.05, 0.1) is 5.92 Å². The van der Waals surface area contributed by atoms with Gasteiger partial charge in [0.15, 0.2) is 0 Å². The van der Waals surface area contributed by atoms with Crippen molar-refractivity contribution in [2.24, 2.45) is 5.92 Å². The molecule has 1 unspecified atom stereocenters. The van der Waals surface area contributed by atoms with Crippen LogP contribution in [0.2, 0.25) is 0 Å². The van der Waals surface area contributed by atoms with E-state index in [-0.39, 0.29) is 35.9 Å². The predicted molar refractivity (Wildman–Crippen MR) is 61.7 cm³/mol. The Morgan fingerprint density at radius 1 is 1.56 bits per heavy atom. The van der Waals surface area contributed by atoms with Gasteiger partial charge < -0.3 is 4.74 Å². The molecule has 96 valence electrons. The molecule has 1 saturated carbocycles. The van der Waals surface area contributed by atoms with Crippen LogP contribution in [0.25, 0.3) is 0 Å². The lowest BCUT2D eigenvalue weighted by Crippen LogP contribution is -2.19. The van der Waals surface area contributed by atoms with Gasteiger partial charge in [-0.1, -0.05) is 0 Å². The molecule has 2 rings (SSSR count). The predicted octanol–water partition coefficient (Wildman–Crippen LogP) is 0.491. The van der Waals surface area contributed by atoms with Crippen molar-refractivity contribution < 1.29 is 14.3 Å². The standard InChI is InChI=1S/C12H14N2O4/c1-7-4-11(16)10(14-13-7)6-18-12(17)8-2-3-9(15)5-8/h4,8H,2-3,5-6H2,1H3,(H,13,16). The fourth-order valence-electron chi connectivity index (χ4n) is 1.90. The summed E-state index contributed by atoms with van der Waals surface area (Å²) in [6.07, 6.45) is 1.22. The lowest BCUT2D eigenvalue weighted by Gasteiger charge is -2.08. The number of rotatable bonds is 3. The van der Waals surface area contributed by atoms with Gasteiger partial charge in [0.1, 0.15) is 18.1 Å². The van der Waals surface area contributed by atoms with Crippen LogP contribution in [-0.2, 0) is 20.9 Å². The number of hydrogen-bond acceptors (Lipinski definition) is 5. The summed E-state index contributed by atoms with van der Waals surface area (Å²) in [5, 5.41) is 6.46. The highest BCUT2D eigenvalue weighted by Crippen LogP contribution is 2.23. The van der Waals surface area contributed by atoms with E-state index >= 15 is 0 Å². The number of esters is 1. The lowest BCUT2D eigenvalue weighted by molar-refractivity contribution is -0.150. The van der Waals surface area contributed by atoms with Crippen LogP contribution in [0.15, 0.2) is 10.9 Å². The molecule has 1 fully saturated rings. The highest BCUT2D eigenvalue weighted by atomic mass is 16.5. The molecule has 1 heterocycles. The average molecular weight is 250 g/mol. The number of Topliss-reactive ketones (excluding diaryl/α,β-unsaturated/α-hetero) is 1. The molecule has 0 bridgehead atoms. The van der Waals surface area contributed by atoms with Crippen molar-refractivity contribution in [3.8, 4) is 0 Å². The van der Waals surface area contributed by atoms with E-state index in [9.17, 15) is 14.4 Å². The number of hydrogen-bond donors (Lipinski definition) is 1. The molecule has 1 aromatic rings. The maximum Gasteiger partial charge on any atom is 0.309 e. The maximum atomic E-state index is 11.6. The molecule has 1 aliphatic carbocycles. The molecule has 1 atom stereocenters. The van der Waals surface area contributed by atoms with Crippen molar-refractivity contribution >= 4 is 11.8 Å². The van der Waals surface area contributed by atoms with E-state index in [4.69, 9.17) is 4.74 Å². The van der Waals surface area contributed by atoms with Gasteiger partial charge in [-0.05, 0) is 13.3 Å². The first kappa shape index (κ1) is 12.5. The highest BCUT2D eigenvalue weighted by Gasteiger charge is 2.29. The Bertz CT molecular complexity index is 535. The van der Waals surface area contributed by atoms with Gasteiger partial charge in [-0.3, -0.25) is 19.5 Å². The van der Waals surface area contributed by atoms with Crippen molar-refractivity contribution in [1.82, 2.24) is 10.2 Å². The van der Waals surface area contributed by atoms with Crippen LogP contribution in [0.1, 0.15) is 30.7 Å². The maximum absolute atomic E-state index is 11.6. The van der Waals surface area contributed by atoms with Gasteiger partial charge >= 0.3 is 5.97 Å². The van der Waals surface area contributed by atoms with E-state index in [2.05, 4.69) is 10.2 Å². The van der Waals surface area contributed by atoms with Crippen LogP contribution < -0.4 is 5.43 Å². The monoisotopic (exact) mass is 250 g/mol. The topological polar surface area (TPSA) is 89.1 Å². The third kappa shape index (κ3) is 2.82. The molecule has 0 radical (unpaired) electrons. The van der Waals surface area contributed by atoms with Gasteiger partial charge in [-0.25, -0.2) is 0 Å². The van der Waals surface area contributed by atoms with Crippen LogP contribution in [0.5, 0.6) is 0 Å².